The van der Waals surface area contributed by atoms with Crippen LogP contribution in [0.25, 0.3) is 12.2 Å². The minimum Gasteiger partial charge on any atom is -0.0988 e. The molecule has 0 aliphatic heterocycles. The fraction of sp³-hybridized carbons (Fsp3) is 0.286. The average Bonchev–Trinajstić information content (AvgIpc) is 2.24. The maximum atomic E-state index is 4.02. The Labute approximate surface area is 87.3 Å². The number of benzene rings is 1. The lowest BCUT2D eigenvalue weighted by Gasteiger charge is -1.96. The highest BCUT2D eigenvalue weighted by Crippen LogP contribution is 1.90. The molecule has 0 spiro atoms. The molecule has 0 heterocycles. The van der Waals surface area contributed by atoms with Gasteiger partial charge in [0, 0.05) is 0 Å². The molecule has 0 amide bonds. The summed E-state index contributed by atoms with van der Waals surface area (Å²) in [5, 5.41) is 2.31. The fourth-order valence-corrected chi connectivity index (χ4v) is 1.18. The van der Waals surface area contributed by atoms with Crippen molar-refractivity contribution in [3.8, 4) is 0 Å². The van der Waals surface area contributed by atoms with Crippen LogP contribution in [-0.2, 0) is 0 Å². The smallest absolute Gasteiger partial charge is 0.0158 e. The van der Waals surface area contributed by atoms with Crippen molar-refractivity contribution < 1.29 is 0 Å². The van der Waals surface area contributed by atoms with E-state index in [2.05, 4.69) is 39.1 Å². The Morgan fingerprint density at radius 3 is 2.36 bits per heavy atom. The number of rotatable bonds is 1. The minimum absolute atomic E-state index is 1.11. The number of aryl methyl sites for hydroxylation is 1. The van der Waals surface area contributed by atoms with Crippen molar-refractivity contribution in [1.29, 1.82) is 0 Å². The molecule has 0 N–H and O–H groups in total. The molecule has 0 aliphatic rings. The minimum atomic E-state index is 1.11. The predicted molar refractivity (Wildman–Crippen MR) is 66.6 cm³/mol. The molecular weight excluding hydrogens is 168 g/mol. The van der Waals surface area contributed by atoms with Gasteiger partial charge in [-0.05, 0) is 35.4 Å². The van der Waals surface area contributed by atoms with E-state index in [4.69, 9.17) is 0 Å². The first-order chi connectivity index (χ1) is 6.66. The van der Waals surface area contributed by atoms with Gasteiger partial charge in [-0.3, -0.25) is 0 Å². The summed E-state index contributed by atoms with van der Waals surface area (Å²) in [6, 6.07) is 6.20. The monoisotopic (exact) mass is 188 g/mol. The lowest BCUT2D eigenvalue weighted by Crippen LogP contribution is -2.26. The van der Waals surface area contributed by atoms with E-state index < -0.39 is 0 Å². The summed E-state index contributed by atoms with van der Waals surface area (Å²) >= 11 is 0. The van der Waals surface area contributed by atoms with Crippen LogP contribution < -0.4 is 10.4 Å². The molecule has 0 heteroatoms. The SMILES string of the molecule is C=C/C(C)=c1/cccc(C)c1=C.CC. The maximum Gasteiger partial charge on any atom is -0.0158 e. The van der Waals surface area contributed by atoms with Crippen molar-refractivity contribution >= 4 is 12.2 Å². The zero-order valence-electron chi connectivity index (χ0n) is 9.72. The predicted octanol–water partition coefficient (Wildman–Crippen LogP) is 2.79. The standard InChI is InChI=1S/C12H14.C2H6/c1-5-9(2)12-8-6-7-10(3)11(12)4;1-2/h5-8H,1,4H2,2-3H3;1-2H3/b12-9-;. The highest BCUT2D eigenvalue weighted by atomic mass is 13.9. The number of allylic oxidation sites excluding steroid dienone is 1. The molecule has 1 aromatic rings. The highest BCUT2D eigenvalue weighted by molar-refractivity contribution is 5.53. The molecule has 0 unspecified atom stereocenters. The number of hydrogen-bond donors (Lipinski definition) is 0. The zero-order valence-corrected chi connectivity index (χ0v) is 9.72. The zero-order chi connectivity index (χ0) is 11.1. The molecule has 1 rings (SSSR count). The van der Waals surface area contributed by atoms with Crippen LogP contribution in [0.15, 0.2) is 30.9 Å². The third kappa shape index (κ3) is 2.88. The highest BCUT2D eigenvalue weighted by Gasteiger charge is 1.89. The van der Waals surface area contributed by atoms with Gasteiger partial charge in [0.15, 0.2) is 0 Å². The molecule has 0 atom stereocenters. The molecule has 0 saturated heterocycles. The Kier molecular flexibility index (Phi) is 5.62. The van der Waals surface area contributed by atoms with Crippen molar-refractivity contribution in [2.24, 2.45) is 0 Å². The van der Waals surface area contributed by atoms with E-state index in [-0.39, 0.29) is 0 Å². The second-order valence-electron chi connectivity index (χ2n) is 2.99. The molecule has 0 nitrogen and oxygen atoms in total. The summed E-state index contributed by atoms with van der Waals surface area (Å²) in [5.74, 6) is 0. The summed E-state index contributed by atoms with van der Waals surface area (Å²) in [6.45, 7) is 15.9. The quantitative estimate of drug-likeness (QED) is 0.635. The van der Waals surface area contributed by atoms with Crippen molar-refractivity contribution in [2.75, 3.05) is 0 Å². The van der Waals surface area contributed by atoms with Gasteiger partial charge >= 0.3 is 0 Å². The molecule has 0 aliphatic carbocycles. The Hall–Kier alpha value is -1.30. The largest absolute Gasteiger partial charge is 0.0988 e. The van der Waals surface area contributed by atoms with Crippen molar-refractivity contribution in [1.82, 2.24) is 0 Å². The van der Waals surface area contributed by atoms with E-state index >= 15 is 0 Å². The van der Waals surface area contributed by atoms with E-state index in [1.54, 1.807) is 0 Å². The van der Waals surface area contributed by atoms with Gasteiger partial charge < -0.3 is 0 Å². The van der Waals surface area contributed by atoms with Crippen molar-refractivity contribution in [3.63, 3.8) is 0 Å². The van der Waals surface area contributed by atoms with Gasteiger partial charge in [0.05, 0.1) is 0 Å². The summed E-state index contributed by atoms with van der Waals surface area (Å²) in [7, 11) is 0. The van der Waals surface area contributed by atoms with Crippen LogP contribution in [0, 0.1) is 6.92 Å². The Morgan fingerprint density at radius 2 is 1.86 bits per heavy atom. The molecular formula is C14H20. The van der Waals surface area contributed by atoms with Crippen LogP contribution in [0.2, 0.25) is 0 Å². The molecule has 1 aromatic carbocycles. The van der Waals surface area contributed by atoms with E-state index in [1.165, 1.54) is 16.4 Å². The average molecular weight is 188 g/mol. The molecule has 0 radical (unpaired) electrons. The molecule has 76 valence electrons. The lowest BCUT2D eigenvalue weighted by atomic mass is 10.1. The van der Waals surface area contributed by atoms with Crippen molar-refractivity contribution in [2.45, 2.75) is 27.7 Å². The van der Waals surface area contributed by atoms with E-state index in [9.17, 15) is 0 Å². The van der Waals surface area contributed by atoms with Crippen LogP contribution >= 0.6 is 0 Å². The lowest BCUT2D eigenvalue weighted by molar-refractivity contribution is 1.36. The topological polar surface area (TPSA) is 0 Å². The van der Waals surface area contributed by atoms with Crippen LogP contribution in [0.5, 0.6) is 0 Å². The Bertz CT molecular complexity index is 397. The van der Waals surface area contributed by atoms with E-state index in [0.29, 0.717) is 0 Å². The molecule has 0 bridgehead atoms. The van der Waals surface area contributed by atoms with Crippen LogP contribution in [0.3, 0.4) is 0 Å². The normalized spacial score (nSPS) is 11.1. The number of hydrogen-bond acceptors (Lipinski definition) is 0. The first-order valence-electron chi connectivity index (χ1n) is 5.04. The van der Waals surface area contributed by atoms with Gasteiger partial charge in [-0.25, -0.2) is 0 Å². The molecule has 14 heavy (non-hydrogen) atoms. The summed E-state index contributed by atoms with van der Waals surface area (Å²) < 4.78 is 0. The third-order valence-electron chi connectivity index (χ3n) is 2.14. The van der Waals surface area contributed by atoms with Gasteiger partial charge in [-0.2, -0.15) is 0 Å². The molecule has 0 fully saturated rings. The van der Waals surface area contributed by atoms with Crippen LogP contribution in [-0.4, -0.2) is 0 Å². The van der Waals surface area contributed by atoms with Crippen LogP contribution in [0.1, 0.15) is 26.3 Å². The van der Waals surface area contributed by atoms with Gasteiger partial charge in [0.1, 0.15) is 0 Å². The van der Waals surface area contributed by atoms with Gasteiger partial charge in [-0.1, -0.05) is 51.3 Å². The van der Waals surface area contributed by atoms with Gasteiger partial charge in [0.25, 0.3) is 0 Å². The van der Waals surface area contributed by atoms with Crippen LogP contribution in [0.4, 0.5) is 0 Å². The summed E-state index contributed by atoms with van der Waals surface area (Å²) in [6.07, 6.45) is 1.86. The summed E-state index contributed by atoms with van der Waals surface area (Å²) in [5.41, 5.74) is 2.41. The Morgan fingerprint density at radius 1 is 1.29 bits per heavy atom. The second-order valence-corrected chi connectivity index (χ2v) is 2.99. The van der Waals surface area contributed by atoms with Gasteiger partial charge in [0.2, 0.25) is 0 Å². The third-order valence-corrected chi connectivity index (χ3v) is 2.14. The second kappa shape index (κ2) is 6.20. The van der Waals surface area contributed by atoms with Crippen molar-refractivity contribution in [3.05, 3.63) is 46.9 Å². The molecule has 0 saturated carbocycles. The maximum absolute atomic E-state index is 4.02. The fourth-order valence-electron chi connectivity index (χ4n) is 1.18. The van der Waals surface area contributed by atoms with E-state index in [0.717, 1.165) is 5.22 Å². The first-order valence-corrected chi connectivity index (χ1v) is 5.04. The van der Waals surface area contributed by atoms with Gasteiger partial charge in [-0.15, -0.1) is 0 Å². The first kappa shape index (κ1) is 12.7. The van der Waals surface area contributed by atoms with E-state index in [1.807, 2.05) is 26.0 Å². The Balaban J connectivity index is 0.000000791. The molecule has 0 aromatic heterocycles. The summed E-state index contributed by atoms with van der Waals surface area (Å²) in [4.78, 5) is 0.